The van der Waals surface area contributed by atoms with Crippen LogP contribution in [0.2, 0.25) is 0 Å². The third kappa shape index (κ3) is 2.21. The van der Waals surface area contributed by atoms with Gasteiger partial charge in [0, 0.05) is 32.0 Å². The normalized spacial score (nSPS) is 16.1. The maximum Gasteiger partial charge on any atom is 0.175 e. The topological polar surface area (TPSA) is 67.4 Å². The molecule has 0 unspecified atom stereocenters. The zero-order chi connectivity index (χ0) is 13.4. The number of rotatable bonds is 1. The zero-order valence-corrected chi connectivity index (χ0v) is 10.9. The van der Waals surface area contributed by atoms with Crippen LogP contribution < -0.4 is 4.90 Å². The van der Waals surface area contributed by atoms with E-state index in [1.807, 2.05) is 4.90 Å². The molecule has 0 aliphatic carbocycles. The SMILES string of the molecule is ON=C1CCN(c2cc3[nH]c(=S)[nH]c3cc2F)CC1. The lowest BCUT2D eigenvalue weighted by atomic mass is 10.1. The molecule has 1 aliphatic heterocycles. The molecule has 3 rings (SSSR count). The van der Waals surface area contributed by atoms with E-state index in [0.717, 1.165) is 11.2 Å². The molecule has 2 heterocycles. The molecule has 19 heavy (non-hydrogen) atoms. The Labute approximate surface area is 113 Å². The number of aromatic nitrogens is 2. The van der Waals surface area contributed by atoms with Crippen molar-refractivity contribution >= 4 is 34.7 Å². The summed E-state index contributed by atoms with van der Waals surface area (Å²) in [6, 6.07) is 3.21. The molecule has 0 atom stereocenters. The molecule has 1 aromatic carbocycles. The summed E-state index contributed by atoms with van der Waals surface area (Å²) in [5, 5.41) is 11.9. The molecule has 7 heteroatoms. The lowest BCUT2D eigenvalue weighted by Crippen LogP contribution is -2.34. The molecule has 1 aliphatic rings. The van der Waals surface area contributed by atoms with Gasteiger partial charge in [0.05, 0.1) is 22.4 Å². The highest BCUT2D eigenvalue weighted by atomic mass is 32.1. The summed E-state index contributed by atoms with van der Waals surface area (Å²) in [4.78, 5) is 7.83. The Bertz CT molecular complexity index is 695. The summed E-state index contributed by atoms with van der Waals surface area (Å²) in [6.45, 7) is 1.29. The van der Waals surface area contributed by atoms with Gasteiger partial charge < -0.3 is 20.1 Å². The maximum atomic E-state index is 14.1. The van der Waals surface area contributed by atoms with Crippen molar-refractivity contribution in [2.24, 2.45) is 5.16 Å². The van der Waals surface area contributed by atoms with Crippen LogP contribution in [0.4, 0.5) is 10.1 Å². The van der Waals surface area contributed by atoms with Gasteiger partial charge in [-0.05, 0) is 18.3 Å². The average molecular weight is 280 g/mol. The molecule has 0 radical (unpaired) electrons. The number of H-pyrrole nitrogens is 2. The highest BCUT2D eigenvalue weighted by Crippen LogP contribution is 2.26. The second-order valence-electron chi connectivity index (χ2n) is 4.58. The minimum Gasteiger partial charge on any atom is -0.411 e. The van der Waals surface area contributed by atoms with Crippen molar-refractivity contribution in [2.75, 3.05) is 18.0 Å². The van der Waals surface area contributed by atoms with Gasteiger partial charge in [-0.3, -0.25) is 0 Å². The number of piperidine rings is 1. The molecule has 0 amide bonds. The summed E-state index contributed by atoms with van der Waals surface area (Å²) in [5.41, 5.74) is 2.78. The highest BCUT2D eigenvalue weighted by molar-refractivity contribution is 7.71. The van der Waals surface area contributed by atoms with Crippen molar-refractivity contribution in [2.45, 2.75) is 12.8 Å². The number of fused-ring (bicyclic) bond motifs is 1. The highest BCUT2D eigenvalue weighted by Gasteiger charge is 2.19. The van der Waals surface area contributed by atoms with Crippen molar-refractivity contribution in [1.82, 2.24) is 9.97 Å². The average Bonchev–Trinajstić information content (AvgIpc) is 2.77. The summed E-state index contributed by atoms with van der Waals surface area (Å²) < 4.78 is 14.6. The largest absolute Gasteiger partial charge is 0.411 e. The first-order valence-electron chi connectivity index (χ1n) is 6.03. The zero-order valence-electron chi connectivity index (χ0n) is 10.1. The molecule has 2 aromatic rings. The van der Waals surface area contributed by atoms with Crippen LogP contribution in [0.3, 0.4) is 0 Å². The maximum absolute atomic E-state index is 14.1. The quantitative estimate of drug-likeness (QED) is 0.427. The predicted octanol–water partition coefficient (Wildman–Crippen LogP) is 2.79. The number of imidazole rings is 1. The van der Waals surface area contributed by atoms with E-state index in [9.17, 15) is 4.39 Å². The predicted molar refractivity (Wildman–Crippen MR) is 74.1 cm³/mol. The number of hydrogen-bond donors (Lipinski definition) is 3. The van der Waals surface area contributed by atoms with Crippen molar-refractivity contribution in [1.29, 1.82) is 0 Å². The number of aromatic amines is 2. The van der Waals surface area contributed by atoms with Crippen LogP contribution in [0.15, 0.2) is 17.3 Å². The van der Waals surface area contributed by atoms with Gasteiger partial charge in [-0.1, -0.05) is 5.16 Å². The number of nitrogens with zero attached hydrogens (tertiary/aromatic N) is 2. The van der Waals surface area contributed by atoms with Crippen LogP contribution in [0, 0.1) is 10.6 Å². The second kappa shape index (κ2) is 4.65. The van der Waals surface area contributed by atoms with E-state index in [2.05, 4.69) is 15.1 Å². The van der Waals surface area contributed by atoms with Crippen molar-refractivity contribution in [3.63, 3.8) is 0 Å². The van der Waals surface area contributed by atoms with Gasteiger partial charge in [0.15, 0.2) is 4.77 Å². The van der Waals surface area contributed by atoms with E-state index in [1.165, 1.54) is 6.07 Å². The minimum atomic E-state index is -0.276. The summed E-state index contributed by atoms with van der Waals surface area (Å²) in [7, 11) is 0. The fourth-order valence-electron chi connectivity index (χ4n) is 2.39. The van der Waals surface area contributed by atoms with Crippen LogP contribution in [-0.4, -0.2) is 34.0 Å². The van der Waals surface area contributed by atoms with Gasteiger partial charge >= 0.3 is 0 Å². The molecular formula is C12H13FN4OS. The van der Waals surface area contributed by atoms with Gasteiger partial charge in [0.25, 0.3) is 0 Å². The number of hydrogen-bond acceptors (Lipinski definition) is 4. The van der Waals surface area contributed by atoms with Crippen LogP contribution in [-0.2, 0) is 0 Å². The number of anilines is 1. The molecule has 0 saturated carbocycles. The molecule has 0 spiro atoms. The molecular weight excluding hydrogens is 267 g/mol. The van der Waals surface area contributed by atoms with Gasteiger partial charge in [-0.2, -0.15) is 0 Å². The Morgan fingerprint density at radius 3 is 2.47 bits per heavy atom. The van der Waals surface area contributed by atoms with E-state index in [-0.39, 0.29) is 5.82 Å². The first-order chi connectivity index (χ1) is 9.17. The third-order valence-electron chi connectivity index (χ3n) is 3.41. The molecule has 3 N–H and O–H groups in total. The standard InChI is InChI=1S/C12H13FN4OS/c13-8-5-9-10(15-12(19)14-9)6-11(8)17-3-1-7(16-18)2-4-17/h5-6,18H,1-4H2,(H2,14,15,19). The Kier molecular flexibility index (Phi) is 2.98. The van der Waals surface area contributed by atoms with Gasteiger partial charge in [-0.15, -0.1) is 0 Å². The smallest absolute Gasteiger partial charge is 0.175 e. The molecule has 5 nitrogen and oxygen atoms in total. The second-order valence-corrected chi connectivity index (χ2v) is 4.99. The number of oxime groups is 1. The van der Waals surface area contributed by atoms with E-state index in [1.54, 1.807) is 6.07 Å². The van der Waals surface area contributed by atoms with Crippen LogP contribution >= 0.6 is 12.2 Å². The Balaban J connectivity index is 1.96. The van der Waals surface area contributed by atoms with Crippen molar-refractivity contribution < 1.29 is 9.60 Å². The van der Waals surface area contributed by atoms with Crippen molar-refractivity contribution in [3.8, 4) is 0 Å². The molecule has 1 aromatic heterocycles. The number of halogens is 1. The Morgan fingerprint density at radius 1 is 1.21 bits per heavy atom. The summed E-state index contributed by atoms with van der Waals surface area (Å²) in [5.74, 6) is -0.276. The molecule has 0 bridgehead atoms. The van der Waals surface area contributed by atoms with E-state index >= 15 is 0 Å². The lowest BCUT2D eigenvalue weighted by molar-refractivity contribution is 0.315. The molecule has 100 valence electrons. The van der Waals surface area contributed by atoms with Gasteiger partial charge in [-0.25, -0.2) is 4.39 Å². The fraction of sp³-hybridized carbons (Fsp3) is 0.333. The number of nitrogens with one attached hydrogen (secondary N) is 2. The van der Waals surface area contributed by atoms with Gasteiger partial charge in [0.2, 0.25) is 0 Å². The minimum absolute atomic E-state index is 0.276. The van der Waals surface area contributed by atoms with Crippen LogP contribution in [0.1, 0.15) is 12.8 Å². The van der Waals surface area contributed by atoms with E-state index < -0.39 is 0 Å². The first kappa shape index (κ1) is 12.2. The molecule has 1 saturated heterocycles. The monoisotopic (exact) mass is 280 g/mol. The first-order valence-corrected chi connectivity index (χ1v) is 6.44. The van der Waals surface area contributed by atoms with Crippen LogP contribution in [0.5, 0.6) is 0 Å². The van der Waals surface area contributed by atoms with E-state index in [0.29, 0.717) is 41.9 Å². The summed E-state index contributed by atoms with van der Waals surface area (Å²) in [6.07, 6.45) is 1.30. The number of benzene rings is 1. The fourth-order valence-corrected chi connectivity index (χ4v) is 2.61. The Hall–Kier alpha value is -1.89. The Morgan fingerprint density at radius 2 is 1.84 bits per heavy atom. The van der Waals surface area contributed by atoms with Crippen molar-refractivity contribution in [3.05, 3.63) is 22.7 Å². The third-order valence-corrected chi connectivity index (χ3v) is 3.61. The van der Waals surface area contributed by atoms with Gasteiger partial charge in [0.1, 0.15) is 5.82 Å². The summed E-state index contributed by atoms with van der Waals surface area (Å²) >= 11 is 5.00. The molecule has 1 fully saturated rings. The lowest BCUT2D eigenvalue weighted by Gasteiger charge is -2.29. The van der Waals surface area contributed by atoms with Crippen LogP contribution in [0.25, 0.3) is 11.0 Å². The van der Waals surface area contributed by atoms with E-state index in [4.69, 9.17) is 17.4 Å².